The van der Waals surface area contributed by atoms with Gasteiger partial charge in [-0.3, -0.25) is 4.79 Å². The first kappa shape index (κ1) is 16.5. The molecule has 1 fully saturated rings. The van der Waals surface area contributed by atoms with Gasteiger partial charge >= 0.3 is 0 Å². The minimum Gasteiger partial charge on any atom is -0.312 e. The number of anilines is 1. The van der Waals surface area contributed by atoms with E-state index in [1.54, 1.807) is 18.2 Å². The van der Waals surface area contributed by atoms with Crippen LogP contribution >= 0.6 is 0 Å². The molecule has 0 spiro atoms. The number of nitrogens with zero attached hydrogens (tertiary/aromatic N) is 2. The quantitative estimate of drug-likeness (QED) is 0.852. The van der Waals surface area contributed by atoms with Crippen molar-refractivity contribution >= 4 is 21.6 Å². The van der Waals surface area contributed by atoms with Gasteiger partial charge in [-0.2, -0.15) is 0 Å². The zero-order chi connectivity index (χ0) is 16.6. The number of rotatable bonds is 3. The Labute approximate surface area is 138 Å². The second-order valence-electron chi connectivity index (χ2n) is 6.65. The van der Waals surface area contributed by atoms with Crippen LogP contribution in [0.1, 0.15) is 37.7 Å². The van der Waals surface area contributed by atoms with Crippen LogP contribution in [0.5, 0.6) is 0 Å². The number of amides is 1. The van der Waals surface area contributed by atoms with Crippen LogP contribution in [0.2, 0.25) is 0 Å². The Hall–Kier alpha value is -1.40. The molecule has 3 rings (SSSR count). The van der Waals surface area contributed by atoms with Gasteiger partial charge in [-0.25, -0.2) is 12.7 Å². The lowest BCUT2D eigenvalue weighted by Crippen LogP contribution is -2.35. The number of hydrogen-bond acceptors (Lipinski definition) is 3. The van der Waals surface area contributed by atoms with Gasteiger partial charge in [0.25, 0.3) is 0 Å². The van der Waals surface area contributed by atoms with Crippen molar-refractivity contribution < 1.29 is 13.2 Å². The first-order valence-electron chi connectivity index (χ1n) is 8.28. The highest BCUT2D eigenvalue weighted by Gasteiger charge is 2.31. The minimum absolute atomic E-state index is 0.139. The largest absolute Gasteiger partial charge is 0.312 e. The van der Waals surface area contributed by atoms with Crippen molar-refractivity contribution in [3.05, 3.63) is 23.8 Å². The maximum atomic E-state index is 12.8. The monoisotopic (exact) mass is 336 g/mol. The van der Waals surface area contributed by atoms with Crippen molar-refractivity contribution in [3.63, 3.8) is 0 Å². The lowest BCUT2D eigenvalue weighted by molar-refractivity contribution is -0.123. The Bertz CT molecular complexity index is 707. The number of sulfonamides is 1. The summed E-state index contributed by atoms with van der Waals surface area (Å²) in [4.78, 5) is 14.9. The standard InChI is InChI=1S/C17H24N2O3S/c1-18(2)23(21,22)15-8-9-16-14(12-15)10-11-19(16)17(20)13-6-4-3-5-7-13/h8-9,12-13H,3-7,10-11H2,1-2H3. The fraction of sp³-hybridized carbons (Fsp3) is 0.588. The predicted molar refractivity (Wildman–Crippen MR) is 89.9 cm³/mol. The van der Waals surface area contributed by atoms with E-state index in [9.17, 15) is 13.2 Å². The smallest absolute Gasteiger partial charge is 0.242 e. The first-order chi connectivity index (χ1) is 10.9. The second-order valence-corrected chi connectivity index (χ2v) is 8.80. The Morgan fingerprint density at radius 2 is 1.87 bits per heavy atom. The van der Waals surface area contributed by atoms with Crippen LogP contribution in [0.3, 0.4) is 0 Å². The van der Waals surface area contributed by atoms with E-state index < -0.39 is 10.0 Å². The highest BCUT2D eigenvalue weighted by molar-refractivity contribution is 7.89. The summed E-state index contributed by atoms with van der Waals surface area (Å²) in [6, 6.07) is 5.12. The molecule has 0 N–H and O–H groups in total. The predicted octanol–water partition coefficient (Wildman–Crippen LogP) is 2.41. The van der Waals surface area contributed by atoms with Gasteiger partial charge in [-0.05, 0) is 43.0 Å². The molecule has 0 aromatic heterocycles. The molecule has 6 heteroatoms. The van der Waals surface area contributed by atoms with Crippen LogP contribution in [0.15, 0.2) is 23.1 Å². The Morgan fingerprint density at radius 3 is 2.52 bits per heavy atom. The van der Waals surface area contributed by atoms with Gasteiger partial charge in [0.15, 0.2) is 0 Å². The molecule has 0 bridgehead atoms. The maximum Gasteiger partial charge on any atom is 0.242 e. The molecular weight excluding hydrogens is 312 g/mol. The SMILES string of the molecule is CN(C)S(=O)(=O)c1ccc2c(c1)CCN2C(=O)C1CCCCC1. The molecule has 5 nitrogen and oxygen atoms in total. The van der Waals surface area contributed by atoms with Crippen molar-refractivity contribution in [1.29, 1.82) is 0 Å². The number of hydrogen-bond donors (Lipinski definition) is 0. The fourth-order valence-corrected chi connectivity index (χ4v) is 4.50. The van der Waals surface area contributed by atoms with E-state index in [0.717, 1.165) is 43.4 Å². The molecule has 0 radical (unpaired) electrons. The van der Waals surface area contributed by atoms with Gasteiger partial charge in [0.2, 0.25) is 15.9 Å². The Balaban J connectivity index is 1.85. The molecule has 2 aliphatic rings. The Kier molecular flexibility index (Phi) is 4.47. The van der Waals surface area contributed by atoms with Crippen LogP contribution in [0.4, 0.5) is 5.69 Å². The highest BCUT2D eigenvalue weighted by Crippen LogP contribution is 2.34. The van der Waals surface area contributed by atoms with Gasteiger partial charge < -0.3 is 4.90 Å². The molecule has 126 valence electrons. The summed E-state index contributed by atoms with van der Waals surface area (Å²) in [5, 5.41) is 0. The van der Waals surface area contributed by atoms with Crippen LogP contribution in [-0.2, 0) is 21.2 Å². The first-order valence-corrected chi connectivity index (χ1v) is 9.72. The molecule has 1 aromatic rings. The van der Waals surface area contributed by atoms with Crippen molar-refractivity contribution in [2.24, 2.45) is 5.92 Å². The number of carbonyl (C=O) groups excluding carboxylic acids is 1. The van der Waals surface area contributed by atoms with E-state index in [-0.39, 0.29) is 11.8 Å². The number of benzene rings is 1. The molecule has 1 heterocycles. The van der Waals surface area contributed by atoms with E-state index in [1.807, 2.05) is 4.90 Å². The van der Waals surface area contributed by atoms with E-state index in [2.05, 4.69) is 0 Å². The van der Waals surface area contributed by atoms with Gasteiger partial charge in [-0.15, -0.1) is 0 Å². The van der Waals surface area contributed by atoms with Crippen molar-refractivity contribution in [2.75, 3.05) is 25.5 Å². The summed E-state index contributed by atoms with van der Waals surface area (Å²) in [5.41, 5.74) is 1.84. The molecule has 0 saturated heterocycles. The molecule has 1 aromatic carbocycles. The minimum atomic E-state index is -3.43. The van der Waals surface area contributed by atoms with Gasteiger partial charge in [0.05, 0.1) is 4.90 Å². The van der Waals surface area contributed by atoms with E-state index in [0.29, 0.717) is 11.4 Å². The maximum absolute atomic E-state index is 12.8. The summed E-state index contributed by atoms with van der Waals surface area (Å²) in [6.07, 6.45) is 6.19. The lowest BCUT2D eigenvalue weighted by atomic mass is 9.88. The third kappa shape index (κ3) is 3.02. The third-order valence-corrected chi connectivity index (χ3v) is 6.76. The molecular formula is C17H24N2O3S. The number of carbonyl (C=O) groups is 1. The fourth-order valence-electron chi connectivity index (χ4n) is 3.55. The summed E-state index contributed by atoms with van der Waals surface area (Å²) in [5.74, 6) is 0.353. The van der Waals surface area contributed by atoms with Crippen LogP contribution in [-0.4, -0.2) is 39.3 Å². The Morgan fingerprint density at radius 1 is 1.17 bits per heavy atom. The van der Waals surface area contributed by atoms with Gasteiger partial charge in [0, 0.05) is 32.2 Å². The molecule has 1 aliphatic carbocycles. The summed E-state index contributed by atoms with van der Waals surface area (Å²) in [6.45, 7) is 0.663. The third-order valence-electron chi connectivity index (χ3n) is 4.95. The van der Waals surface area contributed by atoms with Crippen molar-refractivity contribution in [1.82, 2.24) is 4.31 Å². The lowest BCUT2D eigenvalue weighted by Gasteiger charge is -2.26. The molecule has 1 saturated carbocycles. The van der Waals surface area contributed by atoms with Crippen LogP contribution < -0.4 is 4.90 Å². The van der Waals surface area contributed by atoms with Gasteiger partial charge in [-0.1, -0.05) is 19.3 Å². The molecule has 0 unspecified atom stereocenters. The topological polar surface area (TPSA) is 57.7 Å². The molecule has 1 aliphatic heterocycles. The second kappa shape index (κ2) is 6.24. The van der Waals surface area contributed by atoms with Crippen LogP contribution in [0, 0.1) is 5.92 Å². The average molecular weight is 336 g/mol. The normalized spacial score (nSPS) is 19.2. The van der Waals surface area contributed by atoms with Gasteiger partial charge in [0.1, 0.15) is 0 Å². The van der Waals surface area contributed by atoms with Crippen molar-refractivity contribution in [2.45, 2.75) is 43.4 Å². The molecule has 23 heavy (non-hydrogen) atoms. The molecule has 1 amide bonds. The van der Waals surface area contributed by atoms with E-state index in [1.165, 1.54) is 24.8 Å². The van der Waals surface area contributed by atoms with E-state index in [4.69, 9.17) is 0 Å². The highest BCUT2D eigenvalue weighted by atomic mass is 32.2. The summed E-state index contributed by atoms with van der Waals surface area (Å²) < 4.78 is 25.7. The van der Waals surface area contributed by atoms with Crippen molar-refractivity contribution in [3.8, 4) is 0 Å². The summed E-state index contributed by atoms with van der Waals surface area (Å²) >= 11 is 0. The molecule has 0 atom stereocenters. The average Bonchev–Trinajstić information content (AvgIpc) is 2.98. The zero-order valence-corrected chi connectivity index (χ0v) is 14.6. The summed E-state index contributed by atoms with van der Waals surface area (Å²) in [7, 11) is -0.368. The number of fused-ring (bicyclic) bond motifs is 1. The van der Waals surface area contributed by atoms with Crippen LogP contribution in [0.25, 0.3) is 0 Å². The zero-order valence-electron chi connectivity index (χ0n) is 13.8. The van der Waals surface area contributed by atoms with E-state index >= 15 is 0 Å².